The number of carbonyl (C=O) groups is 2. The molecule has 2 aliphatic heterocycles. The van der Waals surface area contributed by atoms with Crippen molar-refractivity contribution in [1.82, 2.24) is 10.6 Å². The molecule has 0 aromatic heterocycles. The van der Waals surface area contributed by atoms with E-state index in [1.807, 2.05) is 0 Å². The molecule has 3 rings (SSSR count). The lowest BCUT2D eigenvalue weighted by molar-refractivity contribution is -0.315. The van der Waals surface area contributed by atoms with Crippen LogP contribution in [0, 0.1) is 0 Å². The van der Waals surface area contributed by atoms with Crippen molar-refractivity contribution in [3.63, 3.8) is 0 Å². The van der Waals surface area contributed by atoms with Crippen LogP contribution in [0.4, 0.5) is 0 Å². The molecule has 1 unspecified atom stereocenters. The average Bonchev–Trinajstić information content (AvgIpc) is 3.11. The van der Waals surface area contributed by atoms with Gasteiger partial charge in [-0.1, -0.05) is 12.8 Å². The minimum Gasteiger partial charge on any atom is -0.394 e. The van der Waals surface area contributed by atoms with Gasteiger partial charge in [0.25, 0.3) is 0 Å². The van der Waals surface area contributed by atoms with Crippen molar-refractivity contribution in [2.45, 2.75) is 137 Å². The fourth-order valence-corrected chi connectivity index (χ4v) is 6.44. The lowest BCUT2D eigenvalue weighted by Crippen LogP contribution is -2.68. The van der Waals surface area contributed by atoms with Crippen molar-refractivity contribution in [3.8, 4) is 0 Å². The predicted octanol–water partition coefficient (Wildman–Crippen LogP) is -4.41. The molecule has 0 radical (unpaired) electrons. The zero-order valence-corrected chi connectivity index (χ0v) is 30.3. The Morgan fingerprint density at radius 3 is 1.94 bits per heavy atom. The fraction of sp³-hybridized carbons (Fsp3) is 0.938. The number of rotatable bonds is 22. The minimum absolute atomic E-state index is 0.0409. The fourth-order valence-electron chi connectivity index (χ4n) is 6.25. The zero-order valence-electron chi connectivity index (χ0n) is 29.6. The molecule has 2 heterocycles. The van der Waals surface area contributed by atoms with E-state index in [9.17, 15) is 35.1 Å². The number of hydrogen-bond donors (Lipinski definition) is 11. The van der Waals surface area contributed by atoms with Gasteiger partial charge in [0.2, 0.25) is 11.8 Å². The molecule has 1 saturated carbocycles. The van der Waals surface area contributed by atoms with E-state index in [-0.39, 0.29) is 38.1 Å². The van der Waals surface area contributed by atoms with Crippen LogP contribution < -0.4 is 33.6 Å². The molecule has 2 saturated heterocycles. The highest BCUT2D eigenvalue weighted by Gasteiger charge is 2.50. The Balaban J connectivity index is 1.38. The smallest absolute Gasteiger partial charge is 0.220 e. The molecule has 52 heavy (non-hydrogen) atoms. The number of nitrogens with two attached hydrogens (primary N) is 4. The third-order valence-corrected chi connectivity index (χ3v) is 9.64. The summed E-state index contributed by atoms with van der Waals surface area (Å²) in [6.45, 7) is 1.46. The second-order valence-corrected chi connectivity index (χ2v) is 13.9. The quantitative estimate of drug-likeness (QED) is 0.0365. The van der Waals surface area contributed by atoms with Crippen LogP contribution in [0.25, 0.3) is 0 Å². The first-order chi connectivity index (χ1) is 24.9. The van der Waals surface area contributed by atoms with Gasteiger partial charge >= 0.3 is 0 Å². The van der Waals surface area contributed by atoms with Gasteiger partial charge in [0.05, 0.1) is 44.6 Å². The Bertz CT molecular complexity index is 1040. The molecule has 20 heteroatoms. The highest BCUT2D eigenvalue weighted by Crippen LogP contribution is 2.31. The lowest BCUT2D eigenvalue weighted by atomic mass is 9.84. The lowest BCUT2D eigenvalue weighted by Gasteiger charge is -2.47. The molecule has 14 atom stereocenters. The number of hydrogen-bond acceptors (Lipinski definition) is 17. The summed E-state index contributed by atoms with van der Waals surface area (Å²) < 4.78 is 34.2. The Labute approximate surface area is 309 Å². The van der Waals surface area contributed by atoms with Crippen LogP contribution in [-0.4, -0.2) is 175 Å². The molecular weight excluding hydrogens is 712 g/mol. The number of unbranched alkanes of at least 4 members (excludes halogenated alkanes) is 3. The van der Waals surface area contributed by atoms with E-state index in [2.05, 4.69) is 10.6 Å². The second-order valence-electron chi connectivity index (χ2n) is 13.5. The third kappa shape index (κ3) is 14.0. The summed E-state index contributed by atoms with van der Waals surface area (Å²) in [7, 11) is 0. The van der Waals surface area contributed by atoms with Crippen molar-refractivity contribution >= 4 is 23.4 Å². The number of halogens is 1. The number of nitrogens with one attached hydrogen (secondary N) is 2. The Morgan fingerprint density at radius 2 is 1.29 bits per heavy atom. The van der Waals surface area contributed by atoms with E-state index in [4.69, 9.17) is 63.0 Å². The Hall–Kier alpha value is -1.37. The molecule has 0 aromatic rings. The average molecular weight is 773 g/mol. The maximum atomic E-state index is 12.5. The Morgan fingerprint density at radius 1 is 0.692 bits per heavy atom. The molecule has 0 bridgehead atoms. The van der Waals surface area contributed by atoms with Crippen LogP contribution in [0.2, 0.25) is 0 Å². The van der Waals surface area contributed by atoms with E-state index in [0.29, 0.717) is 38.9 Å². The first-order valence-corrected chi connectivity index (χ1v) is 18.6. The van der Waals surface area contributed by atoms with E-state index in [0.717, 1.165) is 25.7 Å². The molecule has 0 spiro atoms. The summed E-state index contributed by atoms with van der Waals surface area (Å²) in [4.78, 5) is 24.7. The standard InChI is InChI=1S/C32H61ClN6O13/c33-7-3-1-2-4-9-47-11-12-48-10-8-38-23(42)5-6-24(43)39-15-21-20(41)14-19(36)31(49-21)51-29-17(34)13-18(35)30(28(29)46)52-32-27(45)25(37)26(44)22(16-40)50-32/h17-22,25-32,40-41,44-46H,1-16,34-37H2,(H,38,42)(H,39,43)/t17-,18+,19+,20-,21+,22+,25-,26+,27+,28-,29?,30-,31+,32+/m0/s1. The van der Waals surface area contributed by atoms with E-state index in [1.54, 1.807) is 0 Å². The number of ether oxygens (including phenoxy) is 6. The van der Waals surface area contributed by atoms with Gasteiger partial charge in [0.1, 0.15) is 42.7 Å². The van der Waals surface area contributed by atoms with Gasteiger partial charge in [0.15, 0.2) is 12.6 Å². The van der Waals surface area contributed by atoms with Crippen LogP contribution in [-0.2, 0) is 38.0 Å². The van der Waals surface area contributed by atoms with E-state index in [1.165, 1.54) is 0 Å². The molecule has 0 aromatic carbocycles. The summed E-state index contributed by atoms with van der Waals surface area (Å²) >= 11 is 5.65. The number of carbonyl (C=O) groups excluding carboxylic acids is 2. The van der Waals surface area contributed by atoms with Crippen molar-refractivity contribution < 1.29 is 63.5 Å². The Kier molecular flexibility index (Phi) is 20.4. The predicted molar refractivity (Wildman–Crippen MR) is 185 cm³/mol. The van der Waals surface area contributed by atoms with Crippen LogP contribution in [0.3, 0.4) is 0 Å². The first-order valence-electron chi connectivity index (χ1n) is 18.1. The number of aliphatic hydroxyl groups is 5. The first kappa shape index (κ1) is 45.0. The normalized spacial score (nSPS) is 36.7. The molecule has 304 valence electrons. The van der Waals surface area contributed by atoms with E-state index < -0.39 is 98.1 Å². The summed E-state index contributed by atoms with van der Waals surface area (Å²) in [6.07, 6.45) is -8.17. The molecule has 19 nitrogen and oxygen atoms in total. The number of aliphatic hydroxyl groups excluding tert-OH is 5. The van der Waals surface area contributed by atoms with Crippen LogP contribution in [0.1, 0.15) is 51.4 Å². The largest absolute Gasteiger partial charge is 0.394 e. The molecule has 3 fully saturated rings. The number of alkyl halides is 1. The topological polar surface area (TPSA) is 319 Å². The summed E-state index contributed by atoms with van der Waals surface area (Å²) in [6, 6.07) is -3.66. The molecule has 3 aliphatic rings. The van der Waals surface area contributed by atoms with Crippen molar-refractivity contribution in [1.29, 1.82) is 0 Å². The van der Waals surface area contributed by atoms with Crippen LogP contribution in [0.15, 0.2) is 0 Å². The molecule has 2 amide bonds. The van der Waals surface area contributed by atoms with Gasteiger partial charge in [-0.05, 0) is 25.7 Å². The van der Waals surface area contributed by atoms with Gasteiger partial charge in [-0.25, -0.2) is 0 Å². The highest BCUT2D eigenvalue weighted by atomic mass is 35.5. The number of amides is 2. The van der Waals surface area contributed by atoms with Crippen molar-refractivity contribution in [3.05, 3.63) is 0 Å². The van der Waals surface area contributed by atoms with Crippen molar-refractivity contribution in [2.24, 2.45) is 22.9 Å². The minimum atomic E-state index is -1.50. The van der Waals surface area contributed by atoms with Gasteiger partial charge < -0.3 is 87.5 Å². The summed E-state index contributed by atoms with van der Waals surface area (Å²) in [5.74, 6) is -0.0699. The van der Waals surface area contributed by atoms with Gasteiger partial charge in [-0.2, -0.15) is 0 Å². The monoisotopic (exact) mass is 772 g/mol. The molecule has 1 aliphatic carbocycles. The van der Waals surface area contributed by atoms with Gasteiger partial charge in [-0.15, -0.1) is 11.6 Å². The van der Waals surface area contributed by atoms with Crippen LogP contribution >= 0.6 is 11.6 Å². The maximum absolute atomic E-state index is 12.5. The third-order valence-electron chi connectivity index (χ3n) is 9.38. The molecule has 15 N–H and O–H groups in total. The zero-order chi connectivity index (χ0) is 38.2. The maximum Gasteiger partial charge on any atom is 0.220 e. The SMILES string of the molecule is N[C@@H]1[C@@H](O)[C@@H](O[C@H]2[C@H](N)C[C@H](N)C(O[C@H]3O[C@H](CNC(=O)CCC(=O)NCCOCCOCCCCCCCl)[C@@H](O)C[C@H]3N)[C@@H]2O)O[C@H](CO)[C@H]1O. The van der Waals surface area contributed by atoms with Gasteiger partial charge in [-0.3, -0.25) is 9.59 Å². The summed E-state index contributed by atoms with van der Waals surface area (Å²) in [5.41, 5.74) is 24.6. The van der Waals surface area contributed by atoms with E-state index >= 15 is 0 Å². The second kappa shape index (κ2) is 23.5. The van der Waals surface area contributed by atoms with Crippen LogP contribution in [0.5, 0.6) is 0 Å². The highest BCUT2D eigenvalue weighted by molar-refractivity contribution is 6.17. The van der Waals surface area contributed by atoms with Gasteiger partial charge in [0, 0.05) is 50.5 Å². The molecular formula is C32H61ClN6O13. The summed E-state index contributed by atoms with van der Waals surface area (Å²) in [5, 5.41) is 57.4. The van der Waals surface area contributed by atoms with Crippen molar-refractivity contribution in [2.75, 3.05) is 52.0 Å².